The van der Waals surface area contributed by atoms with Crippen molar-refractivity contribution in [2.45, 2.75) is 12.4 Å². The minimum absolute atomic E-state index is 0.797. The molecule has 1 aliphatic heterocycles. The lowest BCUT2D eigenvalue weighted by molar-refractivity contribution is 0.378. The van der Waals surface area contributed by atoms with Crippen LogP contribution in [0.5, 0.6) is 0 Å². The number of rotatable bonds is 1. The van der Waals surface area contributed by atoms with E-state index < -0.39 is 12.6 Å². The number of benzene rings is 1. The van der Waals surface area contributed by atoms with E-state index in [1.54, 1.807) is 13.0 Å². The Morgan fingerprint density at radius 3 is 2.71 bits per heavy atom. The van der Waals surface area contributed by atoms with Gasteiger partial charge in [-0.15, -0.1) is 0 Å². The average Bonchev–Trinajstić information content (AvgIpc) is 2.17. The van der Waals surface area contributed by atoms with Crippen LogP contribution in [0.4, 0.5) is 5.69 Å². The molecule has 0 amide bonds. The fourth-order valence-corrected chi connectivity index (χ4v) is 1.50. The van der Waals surface area contributed by atoms with E-state index in [0.717, 1.165) is 11.3 Å². The third-order valence-electron chi connectivity index (χ3n) is 2.51. The normalized spacial score (nSPS) is 23.9. The average molecular weight is 189 g/mol. The summed E-state index contributed by atoms with van der Waals surface area (Å²) in [5, 5.41) is 21.5. The highest BCUT2D eigenvalue weighted by Gasteiger charge is 2.36. The first-order chi connectivity index (χ1) is 6.62. The summed E-state index contributed by atoms with van der Waals surface area (Å²) in [5.41, 5.74) is 1.19. The van der Waals surface area contributed by atoms with Gasteiger partial charge in [0.15, 0.2) is 0 Å². The lowest BCUT2D eigenvalue weighted by Crippen LogP contribution is -2.49. The molecular formula is C10H12BNO2. The van der Waals surface area contributed by atoms with Crippen LogP contribution in [0, 0.1) is 0 Å². The van der Waals surface area contributed by atoms with E-state index in [1.165, 1.54) is 0 Å². The number of fused-ring (bicyclic) bond motifs is 1. The number of para-hydroxylation sites is 1. The summed E-state index contributed by atoms with van der Waals surface area (Å²) in [6.45, 7) is 1.74. The highest BCUT2D eigenvalue weighted by atomic mass is 16.4. The maximum Gasteiger partial charge on any atom is 0.482 e. The van der Waals surface area contributed by atoms with Gasteiger partial charge in [-0.1, -0.05) is 30.4 Å². The van der Waals surface area contributed by atoms with E-state index in [4.69, 9.17) is 0 Å². The summed E-state index contributed by atoms with van der Waals surface area (Å²) in [5.74, 6) is 0. The molecule has 1 heterocycles. The van der Waals surface area contributed by atoms with Crippen LogP contribution in [-0.2, 0) is 0 Å². The molecule has 0 saturated carbocycles. The molecule has 1 aromatic carbocycles. The van der Waals surface area contributed by atoms with Crippen LogP contribution < -0.4 is 5.32 Å². The molecule has 3 nitrogen and oxygen atoms in total. The lowest BCUT2D eigenvalue weighted by Gasteiger charge is -2.31. The molecule has 4 heteroatoms. The fourth-order valence-electron chi connectivity index (χ4n) is 1.50. The lowest BCUT2D eigenvalue weighted by atomic mass is 9.65. The van der Waals surface area contributed by atoms with Crippen LogP contribution >= 0.6 is 0 Å². The van der Waals surface area contributed by atoms with Crippen LogP contribution in [-0.4, -0.2) is 22.6 Å². The minimum Gasteiger partial charge on any atom is -0.425 e. The summed E-state index contributed by atoms with van der Waals surface area (Å²) >= 11 is 0. The van der Waals surface area contributed by atoms with Crippen molar-refractivity contribution < 1.29 is 10.0 Å². The molecule has 1 atom stereocenters. The molecule has 0 fully saturated rings. The second-order valence-electron chi connectivity index (χ2n) is 3.70. The maximum absolute atomic E-state index is 9.20. The van der Waals surface area contributed by atoms with E-state index in [1.807, 2.05) is 30.3 Å². The molecule has 0 bridgehead atoms. The standard InChI is InChI=1S/C10H12BNO2/c1-10(11(13)14)7-6-8-4-2-3-5-9(8)12-10/h2-7,12-14H,1H3. The first-order valence-corrected chi connectivity index (χ1v) is 4.54. The topological polar surface area (TPSA) is 52.5 Å². The summed E-state index contributed by atoms with van der Waals surface area (Å²) in [6, 6.07) is 7.75. The van der Waals surface area contributed by atoms with Crippen molar-refractivity contribution in [3.63, 3.8) is 0 Å². The Labute approximate surface area is 83.2 Å². The Kier molecular flexibility index (Phi) is 2.09. The van der Waals surface area contributed by atoms with Crippen molar-refractivity contribution in [1.29, 1.82) is 0 Å². The van der Waals surface area contributed by atoms with Gasteiger partial charge in [0.05, 0.1) is 5.44 Å². The van der Waals surface area contributed by atoms with Crippen molar-refractivity contribution in [3.05, 3.63) is 35.9 Å². The van der Waals surface area contributed by atoms with E-state index in [0.29, 0.717) is 0 Å². The van der Waals surface area contributed by atoms with Gasteiger partial charge >= 0.3 is 7.12 Å². The SMILES string of the molecule is CC1(B(O)O)C=Cc2ccccc2N1. The summed E-state index contributed by atoms with van der Waals surface area (Å²) in [6.07, 6.45) is 3.66. The highest BCUT2D eigenvalue weighted by molar-refractivity contribution is 6.47. The predicted molar refractivity (Wildman–Crippen MR) is 57.7 cm³/mol. The van der Waals surface area contributed by atoms with Gasteiger partial charge in [-0.2, -0.15) is 0 Å². The molecule has 1 aliphatic rings. The molecule has 0 radical (unpaired) electrons. The fraction of sp³-hybridized carbons (Fsp3) is 0.200. The van der Waals surface area contributed by atoms with Gasteiger partial charge in [0.25, 0.3) is 0 Å². The molecule has 0 aromatic heterocycles. The predicted octanol–water partition coefficient (Wildman–Crippen LogP) is 0.896. The van der Waals surface area contributed by atoms with Gasteiger partial charge in [-0.3, -0.25) is 0 Å². The molecule has 72 valence electrons. The van der Waals surface area contributed by atoms with Crippen molar-refractivity contribution >= 4 is 18.9 Å². The van der Waals surface area contributed by atoms with Crippen LogP contribution in [0.1, 0.15) is 12.5 Å². The molecule has 1 unspecified atom stereocenters. The van der Waals surface area contributed by atoms with Crippen molar-refractivity contribution in [3.8, 4) is 0 Å². The van der Waals surface area contributed by atoms with Gasteiger partial charge in [0.2, 0.25) is 0 Å². The molecule has 1 aromatic rings. The number of hydrogen-bond acceptors (Lipinski definition) is 3. The molecule has 0 saturated heterocycles. The number of hydrogen-bond donors (Lipinski definition) is 3. The summed E-state index contributed by atoms with van der Waals surface area (Å²) in [7, 11) is -1.41. The number of anilines is 1. The largest absolute Gasteiger partial charge is 0.482 e. The highest BCUT2D eigenvalue weighted by Crippen LogP contribution is 2.28. The van der Waals surface area contributed by atoms with Crippen LogP contribution in [0.2, 0.25) is 0 Å². The first-order valence-electron chi connectivity index (χ1n) is 4.54. The third-order valence-corrected chi connectivity index (χ3v) is 2.51. The van der Waals surface area contributed by atoms with Crippen LogP contribution in [0.3, 0.4) is 0 Å². The van der Waals surface area contributed by atoms with E-state index in [-0.39, 0.29) is 0 Å². The Bertz CT molecular complexity index is 378. The van der Waals surface area contributed by atoms with Gasteiger partial charge in [-0.25, -0.2) is 0 Å². The molecule has 0 aliphatic carbocycles. The minimum atomic E-state index is -1.41. The number of nitrogens with one attached hydrogen (secondary N) is 1. The monoisotopic (exact) mass is 189 g/mol. The summed E-state index contributed by atoms with van der Waals surface area (Å²) < 4.78 is 0. The third kappa shape index (κ3) is 1.43. The Balaban J connectivity index is 2.38. The zero-order valence-corrected chi connectivity index (χ0v) is 7.94. The second kappa shape index (κ2) is 3.15. The van der Waals surface area contributed by atoms with Gasteiger partial charge in [0.1, 0.15) is 0 Å². The van der Waals surface area contributed by atoms with Gasteiger partial charge < -0.3 is 15.4 Å². The Morgan fingerprint density at radius 2 is 2.00 bits per heavy atom. The molecular weight excluding hydrogens is 177 g/mol. The van der Waals surface area contributed by atoms with E-state index in [9.17, 15) is 10.0 Å². The first kappa shape index (κ1) is 9.31. The molecule has 2 rings (SSSR count). The molecule has 14 heavy (non-hydrogen) atoms. The zero-order valence-electron chi connectivity index (χ0n) is 7.94. The van der Waals surface area contributed by atoms with E-state index >= 15 is 0 Å². The Morgan fingerprint density at radius 1 is 1.29 bits per heavy atom. The second-order valence-corrected chi connectivity index (χ2v) is 3.70. The molecule has 0 spiro atoms. The van der Waals surface area contributed by atoms with Crippen molar-refractivity contribution in [2.24, 2.45) is 0 Å². The Hall–Kier alpha value is -1.26. The zero-order chi connectivity index (χ0) is 10.2. The summed E-state index contributed by atoms with van der Waals surface area (Å²) in [4.78, 5) is 0. The quantitative estimate of drug-likeness (QED) is 0.575. The van der Waals surface area contributed by atoms with Gasteiger partial charge in [-0.05, 0) is 18.6 Å². The van der Waals surface area contributed by atoms with Crippen LogP contribution in [0.15, 0.2) is 30.3 Å². The van der Waals surface area contributed by atoms with Gasteiger partial charge in [0, 0.05) is 5.69 Å². The maximum atomic E-state index is 9.20. The molecule has 3 N–H and O–H groups in total. The smallest absolute Gasteiger partial charge is 0.425 e. The van der Waals surface area contributed by atoms with Crippen molar-refractivity contribution in [2.75, 3.05) is 5.32 Å². The van der Waals surface area contributed by atoms with E-state index in [2.05, 4.69) is 5.32 Å². The van der Waals surface area contributed by atoms with Crippen molar-refractivity contribution in [1.82, 2.24) is 0 Å². The van der Waals surface area contributed by atoms with Crippen LogP contribution in [0.25, 0.3) is 6.08 Å².